The van der Waals surface area contributed by atoms with Crippen LogP contribution in [-0.4, -0.2) is 73.2 Å². The quantitative estimate of drug-likeness (QED) is 0.294. The fourth-order valence-electron chi connectivity index (χ4n) is 1.13. The van der Waals surface area contributed by atoms with Crippen molar-refractivity contribution in [3.63, 3.8) is 0 Å². The first-order valence-corrected chi connectivity index (χ1v) is 5.99. The number of hydrogen-bond acceptors (Lipinski definition) is 6. The van der Waals surface area contributed by atoms with Crippen LogP contribution in [0, 0.1) is 0 Å². The Morgan fingerprint density at radius 1 is 1.39 bits per heavy atom. The lowest BCUT2D eigenvalue weighted by molar-refractivity contribution is -0.131. The van der Waals surface area contributed by atoms with Gasteiger partial charge in [-0.05, 0) is 14.1 Å². The zero-order valence-electron chi connectivity index (χ0n) is 10.4. The number of rotatable bonds is 8. The summed E-state index contributed by atoms with van der Waals surface area (Å²) < 4.78 is 0. The standard InChI is InChI=1S/C10H19N3O4S/c1-13(2)3-9(16)12-8(5-15)10(17)11-7(4-14)6-18/h4,7-8,15,18H,3,5-6H2,1-2H3,(H,11,17)(H,12,16)/t7-,8+/m1/s1. The van der Waals surface area contributed by atoms with E-state index in [1.165, 1.54) is 0 Å². The van der Waals surface area contributed by atoms with Crippen LogP contribution in [0.25, 0.3) is 0 Å². The molecule has 0 radical (unpaired) electrons. The predicted molar refractivity (Wildman–Crippen MR) is 69.4 cm³/mol. The summed E-state index contributed by atoms with van der Waals surface area (Å²) >= 11 is 3.88. The van der Waals surface area contributed by atoms with Crippen molar-refractivity contribution in [3.05, 3.63) is 0 Å². The van der Waals surface area contributed by atoms with E-state index in [1.807, 2.05) is 0 Å². The van der Waals surface area contributed by atoms with Crippen molar-refractivity contribution in [1.82, 2.24) is 15.5 Å². The second kappa shape index (κ2) is 8.90. The number of nitrogens with one attached hydrogen (secondary N) is 2. The molecule has 0 rings (SSSR count). The van der Waals surface area contributed by atoms with Gasteiger partial charge in [0, 0.05) is 5.75 Å². The highest BCUT2D eigenvalue weighted by Crippen LogP contribution is 1.89. The van der Waals surface area contributed by atoms with Crippen molar-refractivity contribution in [1.29, 1.82) is 0 Å². The van der Waals surface area contributed by atoms with Crippen LogP contribution >= 0.6 is 12.6 Å². The fraction of sp³-hybridized carbons (Fsp3) is 0.700. The van der Waals surface area contributed by atoms with Crippen LogP contribution in [0.2, 0.25) is 0 Å². The number of aliphatic hydroxyl groups excluding tert-OH is 1. The topological polar surface area (TPSA) is 98.7 Å². The highest BCUT2D eigenvalue weighted by Gasteiger charge is 2.22. The summed E-state index contributed by atoms with van der Waals surface area (Å²) in [6.45, 7) is -0.434. The molecule has 7 nitrogen and oxygen atoms in total. The molecule has 0 heterocycles. The SMILES string of the molecule is CN(C)CC(=O)N[C@@H](CO)C(=O)N[C@H](C=O)CS. The Labute approximate surface area is 111 Å². The van der Waals surface area contributed by atoms with Gasteiger partial charge in [0.2, 0.25) is 11.8 Å². The lowest BCUT2D eigenvalue weighted by Gasteiger charge is -2.19. The molecule has 2 atom stereocenters. The van der Waals surface area contributed by atoms with E-state index < -0.39 is 24.6 Å². The molecule has 0 aliphatic carbocycles. The van der Waals surface area contributed by atoms with E-state index >= 15 is 0 Å². The van der Waals surface area contributed by atoms with Crippen molar-refractivity contribution in [2.75, 3.05) is 33.0 Å². The first-order valence-electron chi connectivity index (χ1n) is 5.36. The van der Waals surface area contributed by atoms with E-state index in [-0.39, 0.29) is 18.2 Å². The van der Waals surface area contributed by atoms with E-state index in [2.05, 4.69) is 23.3 Å². The molecule has 0 aromatic rings. The van der Waals surface area contributed by atoms with E-state index in [0.29, 0.717) is 6.29 Å². The van der Waals surface area contributed by atoms with Crippen molar-refractivity contribution in [2.24, 2.45) is 0 Å². The minimum Gasteiger partial charge on any atom is -0.394 e. The number of nitrogens with zero attached hydrogens (tertiary/aromatic N) is 1. The molecule has 3 N–H and O–H groups in total. The molecule has 2 amide bonds. The summed E-state index contributed by atoms with van der Waals surface area (Å²) in [4.78, 5) is 35.2. The Kier molecular flexibility index (Phi) is 8.34. The number of likely N-dealkylation sites (N-methyl/N-ethyl adjacent to an activating group) is 1. The molecular weight excluding hydrogens is 258 g/mol. The van der Waals surface area contributed by atoms with Gasteiger partial charge in [-0.15, -0.1) is 0 Å². The van der Waals surface area contributed by atoms with Gasteiger partial charge >= 0.3 is 0 Å². The summed E-state index contributed by atoms with van der Waals surface area (Å²) in [6.07, 6.45) is 0.543. The highest BCUT2D eigenvalue weighted by atomic mass is 32.1. The second-order valence-electron chi connectivity index (χ2n) is 3.97. The van der Waals surface area contributed by atoms with Crippen LogP contribution in [0.1, 0.15) is 0 Å². The lowest BCUT2D eigenvalue weighted by atomic mass is 10.2. The molecule has 0 fully saturated rings. The Morgan fingerprint density at radius 2 is 2.00 bits per heavy atom. The molecule has 0 spiro atoms. The zero-order valence-corrected chi connectivity index (χ0v) is 11.3. The molecule has 18 heavy (non-hydrogen) atoms. The van der Waals surface area contributed by atoms with Crippen LogP contribution in [0.5, 0.6) is 0 Å². The Bertz CT molecular complexity index is 299. The number of hydrogen-bond donors (Lipinski definition) is 4. The van der Waals surface area contributed by atoms with Gasteiger partial charge in [0.25, 0.3) is 0 Å². The fourth-order valence-corrected chi connectivity index (χ4v) is 1.30. The van der Waals surface area contributed by atoms with Crippen LogP contribution < -0.4 is 10.6 Å². The maximum atomic E-state index is 11.6. The number of thiol groups is 1. The lowest BCUT2D eigenvalue weighted by Crippen LogP contribution is -2.53. The minimum absolute atomic E-state index is 0.105. The van der Waals surface area contributed by atoms with Crippen molar-refractivity contribution in [3.8, 4) is 0 Å². The molecule has 0 saturated carbocycles. The zero-order chi connectivity index (χ0) is 14.1. The monoisotopic (exact) mass is 277 g/mol. The van der Waals surface area contributed by atoms with Crippen LogP contribution in [-0.2, 0) is 14.4 Å². The largest absolute Gasteiger partial charge is 0.394 e. The molecular formula is C10H19N3O4S. The van der Waals surface area contributed by atoms with E-state index in [0.717, 1.165) is 0 Å². The second-order valence-corrected chi connectivity index (χ2v) is 4.34. The number of amides is 2. The van der Waals surface area contributed by atoms with Gasteiger partial charge in [-0.1, -0.05) is 0 Å². The number of aldehydes is 1. The van der Waals surface area contributed by atoms with Crippen molar-refractivity contribution in [2.45, 2.75) is 12.1 Å². The molecule has 0 saturated heterocycles. The third kappa shape index (κ3) is 6.58. The van der Waals surface area contributed by atoms with Crippen molar-refractivity contribution >= 4 is 30.7 Å². The molecule has 0 aromatic carbocycles. The maximum absolute atomic E-state index is 11.6. The molecule has 0 aliphatic heterocycles. The summed E-state index contributed by atoms with van der Waals surface area (Å²) in [5.41, 5.74) is 0. The first kappa shape index (κ1) is 16.9. The number of carbonyl (C=O) groups excluding carboxylic acids is 3. The third-order valence-electron chi connectivity index (χ3n) is 1.98. The van der Waals surface area contributed by atoms with Crippen LogP contribution in [0.15, 0.2) is 0 Å². The molecule has 0 bridgehead atoms. The average Bonchev–Trinajstić information content (AvgIpc) is 2.31. The summed E-state index contributed by atoms with van der Waals surface area (Å²) in [7, 11) is 3.41. The van der Waals surface area contributed by atoms with Gasteiger partial charge in [-0.25, -0.2) is 0 Å². The van der Waals surface area contributed by atoms with Gasteiger partial charge in [0.05, 0.1) is 19.2 Å². The van der Waals surface area contributed by atoms with Gasteiger partial charge in [-0.2, -0.15) is 12.6 Å². The Balaban J connectivity index is 4.35. The number of carbonyl (C=O) groups is 3. The Hall–Kier alpha value is -1.12. The summed E-state index contributed by atoms with van der Waals surface area (Å²) in [5, 5.41) is 13.8. The van der Waals surface area contributed by atoms with Crippen molar-refractivity contribution < 1.29 is 19.5 Å². The number of aliphatic hydroxyl groups is 1. The van der Waals surface area contributed by atoms with Crippen LogP contribution in [0.4, 0.5) is 0 Å². The third-order valence-corrected chi connectivity index (χ3v) is 2.38. The smallest absolute Gasteiger partial charge is 0.245 e. The molecule has 0 aliphatic rings. The van der Waals surface area contributed by atoms with Gasteiger partial charge < -0.3 is 25.4 Å². The molecule has 8 heteroatoms. The van der Waals surface area contributed by atoms with Gasteiger partial charge in [-0.3, -0.25) is 9.59 Å². The minimum atomic E-state index is -1.07. The van der Waals surface area contributed by atoms with Gasteiger partial charge in [0.15, 0.2) is 0 Å². The normalized spacial score (nSPS) is 13.8. The van der Waals surface area contributed by atoms with Crippen LogP contribution in [0.3, 0.4) is 0 Å². The van der Waals surface area contributed by atoms with E-state index in [9.17, 15) is 14.4 Å². The summed E-state index contributed by atoms with van der Waals surface area (Å²) in [6, 6.07) is -1.81. The molecule has 104 valence electrons. The first-order chi connectivity index (χ1) is 8.44. The Morgan fingerprint density at radius 3 is 2.39 bits per heavy atom. The molecule has 0 aromatic heterocycles. The average molecular weight is 277 g/mol. The van der Waals surface area contributed by atoms with Gasteiger partial charge in [0.1, 0.15) is 12.3 Å². The molecule has 0 unspecified atom stereocenters. The van der Waals surface area contributed by atoms with E-state index in [4.69, 9.17) is 5.11 Å². The summed E-state index contributed by atoms with van der Waals surface area (Å²) in [5.74, 6) is -0.850. The maximum Gasteiger partial charge on any atom is 0.245 e. The predicted octanol–water partition coefficient (Wildman–Crippen LogP) is -2.36. The van der Waals surface area contributed by atoms with E-state index in [1.54, 1.807) is 19.0 Å². The highest BCUT2D eigenvalue weighted by molar-refractivity contribution is 7.80.